The Bertz CT molecular complexity index is 1400. The van der Waals surface area contributed by atoms with E-state index >= 15 is 0 Å². The summed E-state index contributed by atoms with van der Waals surface area (Å²) < 4.78 is 7.98. The highest BCUT2D eigenvalue weighted by atomic mass is 16.4. The summed E-state index contributed by atoms with van der Waals surface area (Å²) in [7, 11) is 0. The number of nitrogens with zero attached hydrogens (tertiary/aromatic N) is 7. The molecule has 6 heterocycles. The van der Waals surface area contributed by atoms with Crippen molar-refractivity contribution >= 4 is 11.5 Å². The molecular weight excluding hydrogens is 392 g/mol. The number of aryl methyl sites for hydroxylation is 2. The average molecular weight is 412 g/mol. The van der Waals surface area contributed by atoms with Crippen molar-refractivity contribution in [2.75, 3.05) is 11.4 Å². The van der Waals surface area contributed by atoms with Gasteiger partial charge in [0.15, 0.2) is 0 Å². The van der Waals surface area contributed by atoms with Gasteiger partial charge in [0.25, 0.3) is 5.89 Å². The van der Waals surface area contributed by atoms with Crippen LogP contribution in [-0.2, 0) is 6.42 Å². The first-order valence-electron chi connectivity index (χ1n) is 10.2. The Morgan fingerprint density at radius 1 is 1.13 bits per heavy atom. The van der Waals surface area contributed by atoms with Gasteiger partial charge in [-0.05, 0) is 43.7 Å². The molecule has 1 aliphatic rings. The fourth-order valence-corrected chi connectivity index (χ4v) is 4.19. The average Bonchev–Trinajstić information content (AvgIpc) is 3.52. The van der Waals surface area contributed by atoms with Crippen LogP contribution in [0.2, 0.25) is 0 Å². The van der Waals surface area contributed by atoms with Gasteiger partial charge in [-0.15, -0.1) is 5.10 Å². The second-order valence-corrected chi connectivity index (χ2v) is 7.76. The third-order valence-electron chi connectivity index (χ3n) is 5.70. The predicted molar refractivity (Wildman–Crippen MR) is 114 cm³/mol. The molecule has 0 saturated heterocycles. The zero-order valence-electron chi connectivity index (χ0n) is 17.1. The lowest BCUT2D eigenvalue weighted by Crippen LogP contribution is -2.36. The van der Waals surface area contributed by atoms with Gasteiger partial charge in [0.05, 0.1) is 23.2 Å². The van der Waals surface area contributed by atoms with Crippen LogP contribution in [0, 0.1) is 13.8 Å². The van der Waals surface area contributed by atoms with Crippen LogP contribution < -0.4 is 4.90 Å². The number of hydrogen-bond acceptors (Lipinski definition) is 7. The van der Waals surface area contributed by atoms with E-state index in [0.29, 0.717) is 24.1 Å². The minimum absolute atomic E-state index is 0.229. The third-order valence-corrected chi connectivity index (χ3v) is 5.70. The van der Waals surface area contributed by atoms with Crippen molar-refractivity contribution in [1.29, 1.82) is 0 Å². The summed E-state index contributed by atoms with van der Waals surface area (Å²) in [6.07, 6.45) is 4.50. The maximum atomic E-state index is 6.07. The number of fused-ring (bicyclic) bond motifs is 2. The van der Waals surface area contributed by atoms with Gasteiger partial charge in [-0.3, -0.25) is 0 Å². The molecule has 0 saturated carbocycles. The van der Waals surface area contributed by atoms with Gasteiger partial charge in [0, 0.05) is 30.6 Å². The Morgan fingerprint density at radius 2 is 2.06 bits per heavy atom. The Hall–Kier alpha value is -4.01. The van der Waals surface area contributed by atoms with E-state index in [1.807, 2.05) is 41.9 Å². The molecule has 0 radical (unpaired) electrons. The largest absolute Gasteiger partial charge is 0.402 e. The van der Waals surface area contributed by atoms with Crippen LogP contribution in [0.15, 0.2) is 53.3 Å². The second kappa shape index (κ2) is 6.76. The zero-order valence-corrected chi connectivity index (χ0v) is 17.1. The minimum atomic E-state index is -0.229. The van der Waals surface area contributed by atoms with Crippen LogP contribution in [0.1, 0.15) is 34.4 Å². The molecule has 9 heteroatoms. The van der Waals surface area contributed by atoms with Crippen molar-refractivity contribution in [3.05, 3.63) is 77.3 Å². The molecule has 0 spiro atoms. The van der Waals surface area contributed by atoms with Crippen molar-refractivity contribution in [3.63, 3.8) is 0 Å². The lowest BCUT2D eigenvalue weighted by Gasteiger charge is -2.32. The standard InChI is InChI=1S/C22H20N8O/c1-13-5-4-9-30-18(13)11-17(28-30)20-19-15(23-12-24-19)8-10-29(20)22-27-26-21(31-22)16-7-3-6-14(2)25-16/h3-7,9,11-12,20H,8,10H2,1-2H3,(H,23,24). The van der Waals surface area contributed by atoms with Crippen LogP contribution in [0.5, 0.6) is 0 Å². The van der Waals surface area contributed by atoms with Gasteiger partial charge in [0.2, 0.25) is 0 Å². The molecule has 0 aliphatic carbocycles. The maximum absolute atomic E-state index is 6.07. The van der Waals surface area contributed by atoms with Crippen LogP contribution in [0.4, 0.5) is 6.01 Å². The van der Waals surface area contributed by atoms with E-state index in [4.69, 9.17) is 9.52 Å². The molecule has 31 heavy (non-hydrogen) atoms. The number of aromatic amines is 1. The van der Waals surface area contributed by atoms with Crippen LogP contribution in [-0.4, -0.2) is 41.3 Å². The summed E-state index contributed by atoms with van der Waals surface area (Å²) >= 11 is 0. The van der Waals surface area contributed by atoms with E-state index < -0.39 is 0 Å². The summed E-state index contributed by atoms with van der Waals surface area (Å²) in [5.41, 5.74) is 6.71. The smallest absolute Gasteiger partial charge is 0.319 e. The number of rotatable bonds is 3. The number of nitrogens with one attached hydrogen (secondary N) is 1. The SMILES string of the molecule is Cc1cccc(-c2nnc(N3CCc4[nH]cnc4C3c3cc4c(C)cccn4n3)o2)n1. The fraction of sp³-hybridized carbons (Fsp3) is 0.227. The number of H-pyrrole nitrogens is 1. The van der Waals surface area contributed by atoms with Crippen molar-refractivity contribution < 1.29 is 4.42 Å². The molecular formula is C22H20N8O. The minimum Gasteiger partial charge on any atom is -0.402 e. The summed E-state index contributed by atoms with van der Waals surface area (Å²) in [5.74, 6) is 0.399. The fourth-order valence-electron chi connectivity index (χ4n) is 4.19. The third kappa shape index (κ3) is 2.89. The van der Waals surface area contributed by atoms with Crippen molar-refractivity contribution in [2.45, 2.75) is 26.3 Å². The van der Waals surface area contributed by atoms with E-state index in [2.05, 4.69) is 49.1 Å². The van der Waals surface area contributed by atoms with Gasteiger partial charge in [-0.1, -0.05) is 17.2 Å². The zero-order chi connectivity index (χ0) is 20.9. The predicted octanol–water partition coefficient (Wildman–Crippen LogP) is 3.27. The second-order valence-electron chi connectivity index (χ2n) is 7.76. The maximum Gasteiger partial charge on any atom is 0.319 e. The molecule has 9 nitrogen and oxygen atoms in total. The molecule has 0 fully saturated rings. The molecule has 1 unspecified atom stereocenters. The normalized spacial score (nSPS) is 16.1. The highest BCUT2D eigenvalue weighted by molar-refractivity contribution is 5.57. The van der Waals surface area contributed by atoms with Gasteiger partial charge >= 0.3 is 6.01 Å². The van der Waals surface area contributed by atoms with Crippen LogP contribution in [0.3, 0.4) is 0 Å². The molecule has 0 bridgehead atoms. The first-order valence-corrected chi connectivity index (χ1v) is 10.2. The molecule has 1 atom stereocenters. The van der Waals surface area contributed by atoms with Crippen LogP contribution >= 0.6 is 0 Å². The molecule has 6 rings (SSSR count). The first kappa shape index (κ1) is 17.8. The molecule has 0 amide bonds. The highest BCUT2D eigenvalue weighted by Crippen LogP contribution is 2.37. The summed E-state index contributed by atoms with van der Waals surface area (Å²) in [6.45, 7) is 4.72. The number of anilines is 1. The topological polar surface area (TPSA) is 101 Å². The molecule has 1 aliphatic heterocycles. The molecule has 5 aromatic rings. The molecule has 1 N–H and O–H groups in total. The van der Waals surface area contributed by atoms with E-state index in [-0.39, 0.29) is 6.04 Å². The van der Waals surface area contributed by atoms with Crippen molar-refractivity contribution in [1.82, 2.24) is 34.8 Å². The number of imidazole rings is 1. The van der Waals surface area contributed by atoms with Gasteiger partial charge < -0.3 is 14.3 Å². The highest BCUT2D eigenvalue weighted by Gasteiger charge is 2.36. The van der Waals surface area contributed by atoms with E-state index in [0.717, 1.165) is 40.3 Å². The Labute approximate surface area is 177 Å². The quantitative estimate of drug-likeness (QED) is 0.485. The van der Waals surface area contributed by atoms with Gasteiger partial charge in [-0.2, -0.15) is 5.10 Å². The Balaban J connectivity index is 1.45. The lowest BCUT2D eigenvalue weighted by atomic mass is 10.00. The summed E-state index contributed by atoms with van der Waals surface area (Å²) in [6, 6.07) is 12.1. The van der Waals surface area contributed by atoms with Gasteiger partial charge in [-0.25, -0.2) is 14.5 Å². The van der Waals surface area contributed by atoms with Crippen molar-refractivity contribution in [2.24, 2.45) is 0 Å². The van der Waals surface area contributed by atoms with E-state index in [9.17, 15) is 0 Å². The molecule has 154 valence electrons. The summed E-state index contributed by atoms with van der Waals surface area (Å²) in [5, 5.41) is 13.5. The van der Waals surface area contributed by atoms with E-state index in [1.165, 1.54) is 0 Å². The number of hydrogen-bond donors (Lipinski definition) is 1. The van der Waals surface area contributed by atoms with Crippen LogP contribution in [0.25, 0.3) is 17.1 Å². The molecule has 0 aromatic carbocycles. The molecule has 5 aromatic heterocycles. The van der Waals surface area contributed by atoms with Crippen molar-refractivity contribution in [3.8, 4) is 11.6 Å². The van der Waals surface area contributed by atoms with E-state index in [1.54, 1.807) is 6.33 Å². The number of aromatic nitrogens is 7. The van der Waals surface area contributed by atoms with Gasteiger partial charge in [0.1, 0.15) is 11.7 Å². The first-order chi connectivity index (χ1) is 15.2. The summed E-state index contributed by atoms with van der Waals surface area (Å²) in [4.78, 5) is 14.4. The monoisotopic (exact) mass is 412 g/mol. The lowest BCUT2D eigenvalue weighted by molar-refractivity contribution is 0.502. The Kier molecular flexibility index (Phi) is 3.89. The number of pyridine rings is 2. The Morgan fingerprint density at radius 3 is 2.94 bits per heavy atom.